The van der Waals surface area contributed by atoms with Gasteiger partial charge >= 0.3 is 0 Å². The average molecular weight is 294 g/mol. The number of carbonyl (C=O) groups is 2. The first-order chi connectivity index (χ1) is 9.49. The Morgan fingerprint density at radius 3 is 2.50 bits per heavy atom. The Morgan fingerprint density at radius 2 is 2.00 bits per heavy atom. The van der Waals surface area contributed by atoms with Gasteiger partial charge in [-0.15, -0.1) is 11.3 Å². The van der Waals surface area contributed by atoms with Crippen molar-refractivity contribution in [3.05, 3.63) is 21.9 Å². The van der Waals surface area contributed by atoms with Crippen molar-refractivity contribution in [2.24, 2.45) is 5.92 Å². The van der Waals surface area contributed by atoms with Gasteiger partial charge in [-0.05, 0) is 50.6 Å². The van der Waals surface area contributed by atoms with Crippen LogP contribution >= 0.6 is 11.3 Å². The predicted octanol–water partition coefficient (Wildman–Crippen LogP) is 2.43. The van der Waals surface area contributed by atoms with Gasteiger partial charge in [0.25, 0.3) is 5.91 Å². The Hall–Kier alpha value is -1.36. The average Bonchev–Trinajstić information content (AvgIpc) is 2.83. The summed E-state index contributed by atoms with van der Waals surface area (Å²) in [6, 6.07) is 2.15. The van der Waals surface area contributed by atoms with E-state index in [1.807, 2.05) is 37.1 Å². The zero-order valence-corrected chi connectivity index (χ0v) is 13.1. The molecular weight excluding hydrogens is 272 g/mol. The van der Waals surface area contributed by atoms with Crippen LogP contribution in [-0.4, -0.2) is 35.8 Å². The minimum atomic E-state index is 0.0471. The second-order valence-electron chi connectivity index (χ2n) is 5.66. The van der Waals surface area contributed by atoms with E-state index in [2.05, 4.69) is 5.32 Å². The number of rotatable bonds is 3. The first kappa shape index (κ1) is 15.0. The molecule has 1 N–H and O–H groups in total. The van der Waals surface area contributed by atoms with Crippen molar-refractivity contribution in [1.82, 2.24) is 10.2 Å². The van der Waals surface area contributed by atoms with Crippen LogP contribution in [0.4, 0.5) is 0 Å². The summed E-state index contributed by atoms with van der Waals surface area (Å²) in [4.78, 5) is 27.0. The summed E-state index contributed by atoms with van der Waals surface area (Å²) in [6.07, 6.45) is 1.52. The van der Waals surface area contributed by atoms with E-state index in [0.717, 1.165) is 23.3 Å². The number of thiophene rings is 1. The largest absolute Gasteiger partial charge is 0.354 e. The molecule has 4 nitrogen and oxygen atoms in total. The Morgan fingerprint density at radius 1 is 1.35 bits per heavy atom. The van der Waals surface area contributed by atoms with Gasteiger partial charge < -0.3 is 10.2 Å². The van der Waals surface area contributed by atoms with Crippen LogP contribution < -0.4 is 5.32 Å². The summed E-state index contributed by atoms with van der Waals surface area (Å²) in [7, 11) is 0. The van der Waals surface area contributed by atoms with Crippen molar-refractivity contribution < 1.29 is 9.59 Å². The highest BCUT2D eigenvalue weighted by Gasteiger charge is 2.28. The lowest BCUT2D eigenvalue weighted by Crippen LogP contribution is -2.44. The van der Waals surface area contributed by atoms with Gasteiger partial charge in [0, 0.05) is 25.0 Å². The number of amides is 2. The molecular formula is C15H22N2O2S. The van der Waals surface area contributed by atoms with E-state index in [-0.39, 0.29) is 23.8 Å². The molecule has 2 amide bonds. The van der Waals surface area contributed by atoms with E-state index >= 15 is 0 Å². The first-order valence-corrected chi connectivity index (χ1v) is 8.00. The molecule has 20 heavy (non-hydrogen) atoms. The molecule has 2 rings (SSSR count). The van der Waals surface area contributed by atoms with Crippen LogP contribution in [0.3, 0.4) is 0 Å². The Balaban J connectivity index is 1.90. The van der Waals surface area contributed by atoms with Crippen molar-refractivity contribution in [2.75, 3.05) is 13.1 Å². The summed E-state index contributed by atoms with van der Waals surface area (Å²) >= 11 is 1.50. The molecule has 0 spiro atoms. The van der Waals surface area contributed by atoms with Crippen molar-refractivity contribution in [3.8, 4) is 0 Å². The number of nitrogens with one attached hydrogen (secondary N) is 1. The highest BCUT2D eigenvalue weighted by Crippen LogP contribution is 2.23. The molecule has 110 valence electrons. The monoisotopic (exact) mass is 294 g/mol. The van der Waals surface area contributed by atoms with Crippen molar-refractivity contribution in [1.29, 1.82) is 0 Å². The minimum absolute atomic E-state index is 0.0471. The molecule has 0 atom stereocenters. The van der Waals surface area contributed by atoms with E-state index in [4.69, 9.17) is 0 Å². The van der Waals surface area contributed by atoms with Gasteiger partial charge in [-0.3, -0.25) is 9.59 Å². The molecule has 0 radical (unpaired) electrons. The quantitative estimate of drug-likeness (QED) is 0.931. The standard InChI is InChI=1S/C15H22N2O2S/c1-10(2)16-14(18)12-4-7-17(8-5-12)15(19)13-11(3)6-9-20-13/h6,9-10,12H,4-5,7-8H2,1-3H3,(H,16,18). The number of nitrogens with zero attached hydrogens (tertiary/aromatic N) is 1. The molecule has 0 aliphatic carbocycles. The van der Waals surface area contributed by atoms with Gasteiger partial charge in [0.15, 0.2) is 0 Å². The highest BCUT2D eigenvalue weighted by atomic mass is 32.1. The van der Waals surface area contributed by atoms with Gasteiger partial charge in [-0.2, -0.15) is 0 Å². The molecule has 0 unspecified atom stereocenters. The van der Waals surface area contributed by atoms with Gasteiger partial charge in [0.05, 0.1) is 4.88 Å². The third-order valence-electron chi connectivity index (χ3n) is 3.64. The maximum Gasteiger partial charge on any atom is 0.264 e. The van der Waals surface area contributed by atoms with Crippen molar-refractivity contribution in [3.63, 3.8) is 0 Å². The lowest BCUT2D eigenvalue weighted by molar-refractivity contribution is -0.126. The van der Waals surface area contributed by atoms with Crippen LogP contribution in [-0.2, 0) is 4.79 Å². The normalized spacial score (nSPS) is 16.5. The summed E-state index contributed by atoms with van der Waals surface area (Å²) < 4.78 is 0. The van der Waals surface area contributed by atoms with Crippen LogP contribution in [0.5, 0.6) is 0 Å². The molecule has 1 aliphatic rings. The van der Waals surface area contributed by atoms with E-state index in [1.165, 1.54) is 11.3 Å². The van der Waals surface area contributed by atoms with E-state index in [9.17, 15) is 9.59 Å². The van der Waals surface area contributed by atoms with Crippen molar-refractivity contribution in [2.45, 2.75) is 39.7 Å². The van der Waals surface area contributed by atoms with E-state index in [1.54, 1.807) is 0 Å². The highest BCUT2D eigenvalue weighted by molar-refractivity contribution is 7.12. The zero-order chi connectivity index (χ0) is 14.7. The molecule has 0 saturated carbocycles. The second-order valence-corrected chi connectivity index (χ2v) is 6.58. The van der Waals surface area contributed by atoms with Crippen LogP contribution in [0.15, 0.2) is 11.4 Å². The third-order valence-corrected chi connectivity index (χ3v) is 4.64. The maximum atomic E-state index is 12.4. The third kappa shape index (κ3) is 3.39. The molecule has 5 heteroatoms. The van der Waals surface area contributed by atoms with Gasteiger partial charge in [-0.25, -0.2) is 0 Å². The summed E-state index contributed by atoms with van der Waals surface area (Å²) in [5.41, 5.74) is 1.04. The Bertz CT molecular complexity index is 488. The summed E-state index contributed by atoms with van der Waals surface area (Å²) in [5.74, 6) is 0.283. The number of hydrogen-bond acceptors (Lipinski definition) is 3. The molecule has 1 aromatic heterocycles. The zero-order valence-electron chi connectivity index (χ0n) is 12.3. The SMILES string of the molecule is Cc1ccsc1C(=O)N1CCC(C(=O)NC(C)C)CC1. The topological polar surface area (TPSA) is 49.4 Å². The van der Waals surface area contributed by atoms with Gasteiger partial charge in [-0.1, -0.05) is 0 Å². The lowest BCUT2D eigenvalue weighted by Gasteiger charge is -2.31. The summed E-state index contributed by atoms with van der Waals surface area (Å²) in [5, 5.41) is 4.90. The Kier molecular flexibility index (Phi) is 4.81. The molecule has 2 heterocycles. The molecule has 1 aromatic rings. The van der Waals surface area contributed by atoms with Crippen LogP contribution in [0.2, 0.25) is 0 Å². The number of hydrogen-bond donors (Lipinski definition) is 1. The maximum absolute atomic E-state index is 12.4. The van der Waals surface area contributed by atoms with Crippen LogP contribution in [0.25, 0.3) is 0 Å². The molecule has 1 aliphatic heterocycles. The Labute approximate surface area is 124 Å². The van der Waals surface area contributed by atoms with Gasteiger partial charge in [0.2, 0.25) is 5.91 Å². The lowest BCUT2D eigenvalue weighted by atomic mass is 9.95. The molecule has 1 fully saturated rings. The number of carbonyl (C=O) groups excluding carboxylic acids is 2. The fourth-order valence-electron chi connectivity index (χ4n) is 2.48. The van der Waals surface area contributed by atoms with Crippen LogP contribution in [0.1, 0.15) is 41.9 Å². The predicted molar refractivity (Wildman–Crippen MR) is 81.0 cm³/mol. The van der Waals surface area contributed by atoms with Crippen molar-refractivity contribution >= 4 is 23.2 Å². The molecule has 0 aromatic carbocycles. The minimum Gasteiger partial charge on any atom is -0.354 e. The molecule has 1 saturated heterocycles. The smallest absolute Gasteiger partial charge is 0.264 e. The first-order valence-electron chi connectivity index (χ1n) is 7.12. The fourth-order valence-corrected chi connectivity index (χ4v) is 3.37. The fraction of sp³-hybridized carbons (Fsp3) is 0.600. The summed E-state index contributed by atoms with van der Waals surface area (Å²) in [6.45, 7) is 7.25. The van der Waals surface area contributed by atoms with E-state index in [0.29, 0.717) is 13.1 Å². The van der Waals surface area contributed by atoms with Gasteiger partial charge in [0.1, 0.15) is 0 Å². The van der Waals surface area contributed by atoms with E-state index < -0.39 is 0 Å². The number of aryl methyl sites for hydroxylation is 1. The number of piperidine rings is 1. The second kappa shape index (κ2) is 6.39. The van der Waals surface area contributed by atoms with Crippen LogP contribution in [0, 0.1) is 12.8 Å². The molecule has 0 bridgehead atoms. The number of likely N-dealkylation sites (tertiary alicyclic amines) is 1.